The standard InChI is InChI=1S/C45H62O20/c1-10-45(44(49)50)40(64-41-37(54-8)34(52-6)32(51-5)30(61-41)23-56-21-28-17-13-11-14-18-28)36(53-7)38(55-9)43(65-45)63-33-31(24-57-25(2)46)62-42(60-27(4)48)39(35(33)59-26(3)47)58-22-29-19-15-12-16-20-29/h11-20,30-43H,10,21-24H2,1-9H3,(H,49,50)/t30-,31-,32-,33-,34+,35+,36-,37-,38-,39-,40+,41-,42?,43-,45+/m1/s1. The monoisotopic (exact) mass is 922 g/mol. The summed E-state index contributed by atoms with van der Waals surface area (Å²) in [6.45, 7) is 4.78. The number of benzene rings is 2. The van der Waals surface area contributed by atoms with Crippen LogP contribution in [0.25, 0.3) is 0 Å². The first kappa shape index (κ1) is 51.8. The number of methoxy groups -OCH3 is 5. The summed E-state index contributed by atoms with van der Waals surface area (Å²) >= 11 is 0. The van der Waals surface area contributed by atoms with E-state index in [4.69, 9.17) is 71.1 Å². The van der Waals surface area contributed by atoms with Gasteiger partial charge < -0.3 is 76.2 Å². The lowest BCUT2D eigenvalue weighted by atomic mass is 9.83. The van der Waals surface area contributed by atoms with E-state index in [-0.39, 0.29) is 26.2 Å². The largest absolute Gasteiger partial charge is 0.479 e. The smallest absolute Gasteiger partial charge is 0.338 e. The number of esters is 3. The van der Waals surface area contributed by atoms with E-state index in [1.54, 1.807) is 31.2 Å². The molecule has 0 aromatic heterocycles. The van der Waals surface area contributed by atoms with Gasteiger partial charge in [0.05, 0.1) is 19.8 Å². The van der Waals surface area contributed by atoms with Crippen LogP contribution in [0.4, 0.5) is 0 Å². The van der Waals surface area contributed by atoms with E-state index in [2.05, 4.69) is 0 Å². The maximum Gasteiger partial charge on any atom is 0.338 e. The number of carboxylic acid groups (broad SMARTS) is 1. The van der Waals surface area contributed by atoms with Crippen LogP contribution in [0.1, 0.15) is 45.2 Å². The molecule has 20 nitrogen and oxygen atoms in total. The minimum absolute atomic E-state index is 0.0305. The van der Waals surface area contributed by atoms with E-state index in [0.29, 0.717) is 5.56 Å². The van der Waals surface area contributed by atoms with Crippen LogP contribution < -0.4 is 0 Å². The highest BCUT2D eigenvalue weighted by Gasteiger charge is 2.64. The molecule has 0 saturated carbocycles. The van der Waals surface area contributed by atoms with Gasteiger partial charge in [0.1, 0.15) is 61.5 Å². The first-order valence-electron chi connectivity index (χ1n) is 21.2. The predicted octanol–water partition coefficient (Wildman–Crippen LogP) is 2.73. The van der Waals surface area contributed by atoms with E-state index in [1.807, 2.05) is 36.4 Å². The minimum atomic E-state index is -2.26. The van der Waals surface area contributed by atoms with Gasteiger partial charge in [-0.2, -0.15) is 0 Å². The Kier molecular flexibility index (Phi) is 19.6. The Morgan fingerprint density at radius 2 is 1.11 bits per heavy atom. The van der Waals surface area contributed by atoms with Crippen LogP contribution in [0.5, 0.6) is 0 Å². The van der Waals surface area contributed by atoms with Crippen molar-refractivity contribution in [3.05, 3.63) is 71.8 Å². The molecular formula is C45H62O20. The first-order chi connectivity index (χ1) is 31.2. The zero-order valence-corrected chi connectivity index (χ0v) is 38.1. The Bertz CT molecular complexity index is 1800. The normalized spacial score (nSPS) is 33.7. The Morgan fingerprint density at radius 1 is 0.569 bits per heavy atom. The van der Waals surface area contributed by atoms with Crippen LogP contribution in [0, 0.1) is 0 Å². The fourth-order valence-corrected chi connectivity index (χ4v) is 8.33. The molecule has 20 heteroatoms. The number of rotatable bonds is 22. The molecule has 0 bridgehead atoms. The zero-order chi connectivity index (χ0) is 47.3. The second kappa shape index (κ2) is 24.6. The third-order valence-corrected chi connectivity index (χ3v) is 11.4. The van der Waals surface area contributed by atoms with Gasteiger partial charge in [-0.25, -0.2) is 4.79 Å². The third kappa shape index (κ3) is 12.6. The van der Waals surface area contributed by atoms with Crippen LogP contribution in [0.15, 0.2) is 60.7 Å². The van der Waals surface area contributed by atoms with Crippen LogP contribution in [0.2, 0.25) is 0 Å². The Balaban J connectivity index is 1.51. The van der Waals surface area contributed by atoms with Crippen molar-refractivity contribution >= 4 is 23.9 Å². The van der Waals surface area contributed by atoms with E-state index in [1.165, 1.54) is 42.5 Å². The number of carbonyl (C=O) groups is 4. The van der Waals surface area contributed by atoms with Gasteiger partial charge in [-0.1, -0.05) is 67.6 Å². The number of aliphatic carboxylic acids is 1. The summed E-state index contributed by atoms with van der Waals surface area (Å²) in [5.41, 5.74) is -0.617. The number of hydrogen-bond acceptors (Lipinski definition) is 19. The third-order valence-electron chi connectivity index (χ3n) is 11.4. The molecule has 3 saturated heterocycles. The molecule has 2 aromatic carbocycles. The van der Waals surface area contributed by atoms with Crippen molar-refractivity contribution in [2.75, 3.05) is 48.8 Å². The lowest BCUT2D eigenvalue weighted by molar-refractivity contribution is -0.397. The quantitative estimate of drug-likeness (QED) is 0.132. The number of ether oxygens (including phenoxy) is 15. The number of carboxylic acids is 1. The SMILES string of the molecule is CC[C@]1(C(=O)O)O[C@@H](O[C@H]2[C@H](OC(C)=O)[C@@H](OCc3ccccc3)C(OC(C)=O)O[C@@H]2COC(C)=O)[C@H](OC)[C@@H](OC)[C@@H]1O[C@H]1O[C@H](COCc2ccccc2)[C@@H](OC)[C@H](OC)[C@H]1OC. The second-order valence-electron chi connectivity index (χ2n) is 15.5. The van der Waals surface area contributed by atoms with Crippen LogP contribution in [-0.4, -0.2) is 169 Å². The van der Waals surface area contributed by atoms with Crippen LogP contribution >= 0.6 is 0 Å². The summed E-state index contributed by atoms with van der Waals surface area (Å²) in [7, 11) is 7.06. The molecule has 0 spiro atoms. The Hall–Kier alpha value is -4.16. The summed E-state index contributed by atoms with van der Waals surface area (Å²) in [5, 5.41) is 11.2. The fraction of sp³-hybridized carbons (Fsp3) is 0.644. The molecule has 15 atom stereocenters. The van der Waals surface area contributed by atoms with Gasteiger partial charge in [-0.15, -0.1) is 0 Å². The molecule has 2 aromatic rings. The van der Waals surface area contributed by atoms with Crippen molar-refractivity contribution in [3.8, 4) is 0 Å². The Morgan fingerprint density at radius 3 is 1.63 bits per heavy atom. The highest BCUT2D eigenvalue weighted by Crippen LogP contribution is 2.42. The van der Waals surface area contributed by atoms with Gasteiger partial charge in [-0.3, -0.25) is 14.4 Å². The molecule has 0 radical (unpaired) electrons. The minimum Gasteiger partial charge on any atom is -0.479 e. The Labute approximate surface area is 378 Å². The van der Waals surface area contributed by atoms with Gasteiger partial charge in [0, 0.05) is 56.3 Å². The van der Waals surface area contributed by atoms with Crippen molar-refractivity contribution < 1.29 is 95.3 Å². The number of carbonyl (C=O) groups excluding carboxylic acids is 3. The molecule has 65 heavy (non-hydrogen) atoms. The van der Waals surface area contributed by atoms with Crippen molar-refractivity contribution in [2.45, 2.75) is 139 Å². The lowest BCUT2D eigenvalue weighted by Crippen LogP contribution is -2.72. The molecule has 3 heterocycles. The molecule has 362 valence electrons. The average Bonchev–Trinajstić information content (AvgIpc) is 3.28. The van der Waals surface area contributed by atoms with Crippen molar-refractivity contribution in [1.29, 1.82) is 0 Å². The lowest BCUT2D eigenvalue weighted by Gasteiger charge is -2.53. The summed E-state index contributed by atoms with van der Waals surface area (Å²) in [4.78, 5) is 51.2. The van der Waals surface area contributed by atoms with Crippen LogP contribution in [0.3, 0.4) is 0 Å². The molecule has 3 aliphatic rings. The molecule has 5 rings (SSSR count). The molecule has 1 N–H and O–H groups in total. The molecule has 0 amide bonds. The van der Waals surface area contributed by atoms with E-state index in [9.17, 15) is 24.3 Å². The molecule has 1 unspecified atom stereocenters. The van der Waals surface area contributed by atoms with Crippen LogP contribution in [-0.2, 0) is 103 Å². The zero-order valence-electron chi connectivity index (χ0n) is 38.1. The first-order valence-corrected chi connectivity index (χ1v) is 21.2. The van der Waals surface area contributed by atoms with E-state index in [0.717, 1.165) is 19.4 Å². The maximum absolute atomic E-state index is 13.7. The molecular weight excluding hydrogens is 860 g/mol. The van der Waals surface area contributed by atoms with E-state index >= 15 is 0 Å². The summed E-state index contributed by atoms with van der Waals surface area (Å²) in [6.07, 6.45) is -17.6. The highest BCUT2D eigenvalue weighted by atomic mass is 16.8. The molecule has 3 fully saturated rings. The van der Waals surface area contributed by atoms with Gasteiger partial charge in [0.25, 0.3) is 0 Å². The van der Waals surface area contributed by atoms with Gasteiger partial charge in [0.2, 0.25) is 6.29 Å². The molecule has 0 aliphatic carbocycles. The highest BCUT2D eigenvalue weighted by molar-refractivity contribution is 5.79. The maximum atomic E-state index is 13.7. The topological polar surface area (TPSA) is 227 Å². The second-order valence-corrected chi connectivity index (χ2v) is 15.5. The average molecular weight is 923 g/mol. The summed E-state index contributed by atoms with van der Waals surface area (Å²) in [5.74, 6) is -3.71. The van der Waals surface area contributed by atoms with Gasteiger partial charge in [-0.05, 0) is 17.5 Å². The van der Waals surface area contributed by atoms with E-state index < -0.39 is 122 Å². The van der Waals surface area contributed by atoms with Gasteiger partial charge >= 0.3 is 23.9 Å². The summed E-state index contributed by atoms with van der Waals surface area (Å²) < 4.78 is 91.2. The van der Waals surface area contributed by atoms with Crippen molar-refractivity contribution in [1.82, 2.24) is 0 Å². The van der Waals surface area contributed by atoms with Crippen molar-refractivity contribution in [2.24, 2.45) is 0 Å². The molecule has 3 aliphatic heterocycles. The predicted molar refractivity (Wildman–Crippen MR) is 222 cm³/mol. The van der Waals surface area contributed by atoms with Crippen molar-refractivity contribution in [3.63, 3.8) is 0 Å². The number of hydrogen-bond donors (Lipinski definition) is 1. The summed E-state index contributed by atoms with van der Waals surface area (Å²) in [6, 6.07) is 18.5. The fourth-order valence-electron chi connectivity index (χ4n) is 8.33. The van der Waals surface area contributed by atoms with Gasteiger partial charge in [0.15, 0.2) is 30.4 Å².